The van der Waals surface area contributed by atoms with E-state index in [1.54, 1.807) is 0 Å². The van der Waals surface area contributed by atoms with Gasteiger partial charge in [0, 0.05) is 17.9 Å². The summed E-state index contributed by atoms with van der Waals surface area (Å²) in [7, 11) is 0. The molecule has 0 aliphatic rings. The van der Waals surface area contributed by atoms with Gasteiger partial charge >= 0.3 is 0 Å². The molecule has 0 aliphatic carbocycles. The predicted molar refractivity (Wildman–Crippen MR) is 70.6 cm³/mol. The Kier molecular flexibility index (Phi) is 11.0. The summed E-state index contributed by atoms with van der Waals surface area (Å²) in [6.07, 6.45) is 4.82. The third-order valence-electron chi connectivity index (χ3n) is 2.52. The van der Waals surface area contributed by atoms with Crippen molar-refractivity contribution in [2.24, 2.45) is 0 Å². The Balaban J connectivity index is 3.17. The van der Waals surface area contributed by atoms with Crippen LogP contribution in [-0.4, -0.2) is 35.3 Å². The maximum atomic E-state index is 8.75. The molecule has 0 spiro atoms. The highest BCUT2D eigenvalue weighted by molar-refractivity contribution is 7.99. The van der Waals surface area contributed by atoms with Gasteiger partial charge < -0.3 is 10.4 Å². The molecule has 2 nitrogen and oxygen atoms in total. The van der Waals surface area contributed by atoms with Gasteiger partial charge in [-0.3, -0.25) is 0 Å². The van der Waals surface area contributed by atoms with Gasteiger partial charge in [-0.2, -0.15) is 11.8 Å². The molecule has 0 saturated carbocycles. The second-order valence-corrected chi connectivity index (χ2v) is 5.69. The summed E-state index contributed by atoms with van der Waals surface area (Å²) < 4.78 is 0. The minimum atomic E-state index is 0.325. The lowest BCUT2D eigenvalue weighted by molar-refractivity contribution is 0.289. The van der Waals surface area contributed by atoms with Gasteiger partial charge in [0.1, 0.15) is 0 Å². The summed E-state index contributed by atoms with van der Waals surface area (Å²) in [6.45, 7) is 8.01. The number of rotatable bonds is 10. The predicted octanol–water partition coefficient (Wildman–Crippen LogP) is 2.66. The van der Waals surface area contributed by atoms with Gasteiger partial charge in [0.2, 0.25) is 0 Å². The van der Waals surface area contributed by atoms with Gasteiger partial charge in [-0.15, -0.1) is 0 Å². The van der Waals surface area contributed by atoms with Gasteiger partial charge in [-0.05, 0) is 38.5 Å². The van der Waals surface area contributed by atoms with Crippen molar-refractivity contribution in [3.8, 4) is 0 Å². The number of hydrogen-bond donors (Lipinski definition) is 2. The Bertz CT molecular complexity index is 119. The molecular formula is C12H27NOS. The Morgan fingerprint density at radius 2 is 1.93 bits per heavy atom. The molecule has 0 aromatic heterocycles. The van der Waals surface area contributed by atoms with Crippen LogP contribution in [0.1, 0.15) is 46.5 Å². The van der Waals surface area contributed by atoms with Crippen LogP contribution in [0.5, 0.6) is 0 Å². The lowest BCUT2D eigenvalue weighted by Gasteiger charge is -2.12. The number of nitrogens with one attached hydrogen (secondary N) is 1. The normalized spacial score (nSPS) is 15.2. The zero-order valence-corrected chi connectivity index (χ0v) is 11.3. The fraction of sp³-hybridized carbons (Fsp3) is 1.00. The fourth-order valence-electron chi connectivity index (χ4n) is 1.55. The molecule has 0 saturated heterocycles. The topological polar surface area (TPSA) is 32.3 Å². The summed E-state index contributed by atoms with van der Waals surface area (Å²) in [5.41, 5.74) is 0. The van der Waals surface area contributed by atoms with Gasteiger partial charge in [0.25, 0.3) is 0 Å². The first-order chi connectivity index (χ1) is 7.20. The van der Waals surface area contributed by atoms with Crippen molar-refractivity contribution < 1.29 is 5.11 Å². The molecular weight excluding hydrogens is 206 g/mol. The quantitative estimate of drug-likeness (QED) is 0.569. The number of aliphatic hydroxyl groups is 1. The second-order valence-electron chi connectivity index (χ2n) is 4.15. The first kappa shape index (κ1) is 15.3. The fourth-order valence-corrected chi connectivity index (χ4v) is 2.60. The highest BCUT2D eigenvalue weighted by Gasteiger charge is 2.02. The molecule has 0 fully saturated rings. The number of thioether (sulfide) groups is 1. The smallest absolute Gasteiger partial charge is 0.0441 e. The Morgan fingerprint density at radius 3 is 2.53 bits per heavy atom. The van der Waals surface area contributed by atoms with Crippen LogP contribution in [-0.2, 0) is 0 Å². The summed E-state index contributed by atoms with van der Waals surface area (Å²) in [4.78, 5) is 0. The Hall–Kier alpha value is 0.270. The van der Waals surface area contributed by atoms with E-state index in [0.717, 1.165) is 13.0 Å². The van der Waals surface area contributed by atoms with E-state index in [1.165, 1.54) is 25.0 Å². The third kappa shape index (κ3) is 10.6. The standard InChI is InChI=1S/C12H27NOS/c1-4-13-11(2)7-5-6-10-15-12(3)8-9-14/h11-14H,4-10H2,1-3H3. The average Bonchev–Trinajstić information content (AvgIpc) is 2.18. The van der Waals surface area contributed by atoms with Gasteiger partial charge in [-0.25, -0.2) is 0 Å². The molecule has 3 heteroatoms. The molecule has 0 rings (SSSR count). The van der Waals surface area contributed by atoms with E-state index in [-0.39, 0.29) is 0 Å². The summed E-state index contributed by atoms with van der Waals surface area (Å²) in [6, 6.07) is 0.662. The molecule has 0 aliphatic heterocycles. The summed E-state index contributed by atoms with van der Waals surface area (Å²) >= 11 is 1.99. The minimum Gasteiger partial charge on any atom is -0.396 e. The van der Waals surface area contributed by atoms with Crippen molar-refractivity contribution in [3.05, 3.63) is 0 Å². The van der Waals surface area contributed by atoms with Gasteiger partial charge in [-0.1, -0.05) is 20.3 Å². The Morgan fingerprint density at radius 1 is 1.20 bits per heavy atom. The maximum absolute atomic E-state index is 8.75. The van der Waals surface area contributed by atoms with Crippen molar-refractivity contribution in [2.45, 2.75) is 57.7 Å². The third-order valence-corrected chi connectivity index (χ3v) is 3.85. The van der Waals surface area contributed by atoms with E-state index in [9.17, 15) is 0 Å². The van der Waals surface area contributed by atoms with E-state index < -0.39 is 0 Å². The second kappa shape index (κ2) is 10.8. The maximum Gasteiger partial charge on any atom is 0.0441 e. The van der Waals surface area contributed by atoms with Gasteiger partial charge in [0.05, 0.1) is 0 Å². The number of aliphatic hydroxyl groups excluding tert-OH is 1. The molecule has 15 heavy (non-hydrogen) atoms. The number of hydrogen-bond acceptors (Lipinski definition) is 3. The zero-order valence-electron chi connectivity index (χ0n) is 10.5. The molecule has 0 heterocycles. The van der Waals surface area contributed by atoms with Crippen molar-refractivity contribution >= 4 is 11.8 Å². The van der Waals surface area contributed by atoms with E-state index in [2.05, 4.69) is 26.1 Å². The van der Waals surface area contributed by atoms with Crippen LogP contribution in [0.4, 0.5) is 0 Å². The van der Waals surface area contributed by atoms with Crippen molar-refractivity contribution in [2.75, 3.05) is 18.9 Å². The van der Waals surface area contributed by atoms with Gasteiger partial charge in [0.15, 0.2) is 0 Å². The van der Waals surface area contributed by atoms with Crippen LogP contribution in [0, 0.1) is 0 Å². The molecule has 0 amide bonds. The molecule has 2 N–H and O–H groups in total. The van der Waals surface area contributed by atoms with E-state index >= 15 is 0 Å². The lowest BCUT2D eigenvalue weighted by atomic mass is 10.1. The van der Waals surface area contributed by atoms with Crippen LogP contribution < -0.4 is 5.32 Å². The molecule has 0 aromatic carbocycles. The summed E-state index contributed by atoms with van der Waals surface area (Å²) in [5.74, 6) is 1.24. The van der Waals surface area contributed by atoms with Crippen LogP contribution in [0.25, 0.3) is 0 Å². The zero-order chi connectivity index (χ0) is 11.5. The molecule has 0 radical (unpaired) electrons. The molecule has 92 valence electrons. The molecule has 0 aromatic rings. The van der Waals surface area contributed by atoms with E-state index in [4.69, 9.17) is 5.11 Å². The van der Waals surface area contributed by atoms with Crippen LogP contribution in [0.3, 0.4) is 0 Å². The van der Waals surface area contributed by atoms with E-state index in [0.29, 0.717) is 17.9 Å². The lowest BCUT2D eigenvalue weighted by Crippen LogP contribution is -2.25. The first-order valence-corrected chi connectivity index (χ1v) is 7.21. The number of unbranched alkanes of at least 4 members (excludes halogenated alkanes) is 1. The van der Waals surface area contributed by atoms with Crippen molar-refractivity contribution in [3.63, 3.8) is 0 Å². The van der Waals surface area contributed by atoms with Crippen LogP contribution >= 0.6 is 11.8 Å². The Labute approximate surface area is 99.2 Å². The molecule has 0 bridgehead atoms. The van der Waals surface area contributed by atoms with Crippen LogP contribution in [0.15, 0.2) is 0 Å². The van der Waals surface area contributed by atoms with Crippen molar-refractivity contribution in [1.29, 1.82) is 0 Å². The highest BCUT2D eigenvalue weighted by Crippen LogP contribution is 2.16. The molecule has 2 unspecified atom stereocenters. The van der Waals surface area contributed by atoms with E-state index in [1.807, 2.05) is 11.8 Å². The molecule has 2 atom stereocenters. The highest BCUT2D eigenvalue weighted by atomic mass is 32.2. The van der Waals surface area contributed by atoms with Crippen LogP contribution in [0.2, 0.25) is 0 Å². The summed E-state index contributed by atoms with van der Waals surface area (Å²) in [5, 5.41) is 12.8. The largest absolute Gasteiger partial charge is 0.396 e. The monoisotopic (exact) mass is 233 g/mol. The SMILES string of the molecule is CCNC(C)CCCCSC(C)CCO. The van der Waals surface area contributed by atoms with Crippen molar-refractivity contribution in [1.82, 2.24) is 5.32 Å². The first-order valence-electron chi connectivity index (χ1n) is 6.16. The minimum absolute atomic E-state index is 0.325. The average molecular weight is 233 g/mol.